The van der Waals surface area contributed by atoms with E-state index in [4.69, 9.17) is 15.2 Å². The third-order valence-electron chi connectivity index (χ3n) is 2.95. The molecule has 1 aliphatic heterocycles. The average molecular weight is 231 g/mol. The Labute approximate surface area is 98.5 Å². The summed E-state index contributed by atoms with van der Waals surface area (Å²) < 4.78 is 10.9. The fourth-order valence-electron chi connectivity index (χ4n) is 2.11. The Hall–Kier alpha value is -2.17. The number of nitrogens with one attached hydrogen (secondary N) is 1. The SMILES string of the molecule is COc1cc(-c2cn[nH]c2N)cc2c1OCC2. The fourth-order valence-corrected chi connectivity index (χ4v) is 2.11. The number of H-pyrrole nitrogens is 1. The third-order valence-corrected chi connectivity index (χ3v) is 2.95. The van der Waals surface area contributed by atoms with E-state index >= 15 is 0 Å². The quantitative estimate of drug-likeness (QED) is 0.823. The molecule has 88 valence electrons. The first kappa shape index (κ1) is 10.0. The van der Waals surface area contributed by atoms with Gasteiger partial charge in [-0.3, -0.25) is 5.10 Å². The highest BCUT2D eigenvalue weighted by atomic mass is 16.5. The van der Waals surface area contributed by atoms with Gasteiger partial charge in [0.15, 0.2) is 11.5 Å². The van der Waals surface area contributed by atoms with Gasteiger partial charge in [0.1, 0.15) is 5.82 Å². The number of benzene rings is 1. The van der Waals surface area contributed by atoms with E-state index in [1.54, 1.807) is 13.3 Å². The van der Waals surface area contributed by atoms with Crippen molar-refractivity contribution in [3.05, 3.63) is 23.9 Å². The number of nitrogens with two attached hydrogens (primary N) is 1. The number of ether oxygens (including phenoxy) is 2. The Bertz CT molecular complexity index is 563. The molecule has 0 saturated carbocycles. The number of aromatic amines is 1. The number of fused-ring (bicyclic) bond motifs is 1. The normalized spacial score (nSPS) is 13.2. The molecule has 1 aromatic heterocycles. The summed E-state index contributed by atoms with van der Waals surface area (Å²) in [6, 6.07) is 4.00. The highest BCUT2D eigenvalue weighted by molar-refractivity contribution is 5.76. The number of methoxy groups -OCH3 is 1. The molecule has 0 unspecified atom stereocenters. The predicted octanol–water partition coefficient (Wildman–Crippen LogP) is 1.60. The maximum Gasteiger partial charge on any atom is 0.164 e. The fraction of sp³-hybridized carbons (Fsp3) is 0.250. The molecule has 1 aromatic carbocycles. The zero-order chi connectivity index (χ0) is 11.8. The van der Waals surface area contributed by atoms with Crippen LogP contribution in [0.15, 0.2) is 18.3 Å². The van der Waals surface area contributed by atoms with Crippen LogP contribution in [0, 0.1) is 0 Å². The number of anilines is 1. The molecule has 2 heterocycles. The van der Waals surface area contributed by atoms with Crippen LogP contribution < -0.4 is 15.2 Å². The van der Waals surface area contributed by atoms with Crippen molar-refractivity contribution in [3.8, 4) is 22.6 Å². The molecule has 5 heteroatoms. The summed E-state index contributed by atoms with van der Waals surface area (Å²) in [7, 11) is 1.64. The van der Waals surface area contributed by atoms with Crippen LogP contribution in [0.1, 0.15) is 5.56 Å². The second kappa shape index (κ2) is 3.69. The van der Waals surface area contributed by atoms with Gasteiger partial charge >= 0.3 is 0 Å². The number of aromatic nitrogens is 2. The number of hydrogen-bond acceptors (Lipinski definition) is 4. The smallest absolute Gasteiger partial charge is 0.164 e. The van der Waals surface area contributed by atoms with Crippen molar-refractivity contribution >= 4 is 5.82 Å². The van der Waals surface area contributed by atoms with Crippen molar-refractivity contribution in [3.63, 3.8) is 0 Å². The van der Waals surface area contributed by atoms with Crippen LogP contribution in [0.2, 0.25) is 0 Å². The molecule has 5 nitrogen and oxygen atoms in total. The van der Waals surface area contributed by atoms with Crippen molar-refractivity contribution in [1.82, 2.24) is 10.2 Å². The molecule has 17 heavy (non-hydrogen) atoms. The number of hydrogen-bond donors (Lipinski definition) is 2. The largest absolute Gasteiger partial charge is 0.493 e. The number of nitrogens with zero attached hydrogens (tertiary/aromatic N) is 1. The molecule has 0 radical (unpaired) electrons. The Balaban J connectivity index is 2.16. The summed E-state index contributed by atoms with van der Waals surface area (Å²) in [4.78, 5) is 0. The summed E-state index contributed by atoms with van der Waals surface area (Å²) >= 11 is 0. The van der Waals surface area contributed by atoms with Gasteiger partial charge in [-0.25, -0.2) is 0 Å². The van der Waals surface area contributed by atoms with E-state index in [-0.39, 0.29) is 0 Å². The predicted molar refractivity (Wildman–Crippen MR) is 64.2 cm³/mol. The van der Waals surface area contributed by atoms with Crippen molar-refractivity contribution in [2.45, 2.75) is 6.42 Å². The maximum atomic E-state index is 5.82. The highest BCUT2D eigenvalue weighted by Crippen LogP contribution is 2.40. The van der Waals surface area contributed by atoms with Crippen molar-refractivity contribution < 1.29 is 9.47 Å². The molecular weight excluding hydrogens is 218 g/mol. The topological polar surface area (TPSA) is 73.2 Å². The first-order valence-electron chi connectivity index (χ1n) is 5.42. The van der Waals surface area contributed by atoms with Gasteiger partial charge in [0.2, 0.25) is 0 Å². The van der Waals surface area contributed by atoms with Crippen LogP contribution in [-0.2, 0) is 6.42 Å². The first-order chi connectivity index (χ1) is 8.29. The van der Waals surface area contributed by atoms with Gasteiger partial charge in [-0.1, -0.05) is 0 Å². The Morgan fingerprint density at radius 2 is 2.35 bits per heavy atom. The lowest BCUT2D eigenvalue weighted by molar-refractivity contribution is 0.326. The average Bonchev–Trinajstić information content (AvgIpc) is 2.95. The summed E-state index contributed by atoms with van der Waals surface area (Å²) in [6.07, 6.45) is 2.61. The molecule has 1 aliphatic rings. The number of rotatable bonds is 2. The third kappa shape index (κ3) is 1.51. The molecule has 0 saturated heterocycles. The zero-order valence-corrected chi connectivity index (χ0v) is 9.49. The molecule has 0 fully saturated rings. The Kier molecular flexibility index (Phi) is 2.18. The lowest BCUT2D eigenvalue weighted by Gasteiger charge is -2.09. The van der Waals surface area contributed by atoms with Crippen LogP contribution in [0.25, 0.3) is 11.1 Å². The second-order valence-corrected chi connectivity index (χ2v) is 3.96. The maximum absolute atomic E-state index is 5.82. The van der Waals surface area contributed by atoms with E-state index in [1.165, 1.54) is 0 Å². The standard InChI is InChI=1S/C12H13N3O2/c1-16-10-5-8(9-6-14-15-12(9)13)4-7-2-3-17-11(7)10/h4-6H,2-3H2,1H3,(H3,13,14,15). The van der Waals surface area contributed by atoms with Crippen LogP contribution >= 0.6 is 0 Å². The van der Waals surface area contributed by atoms with E-state index < -0.39 is 0 Å². The summed E-state index contributed by atoms with van der Waals surface area (Å²) in [6.45, 7) is 0.704. The molecular formula is C12H13N3O2. The summed E-state index contributed by atoms with van der Waals surface area (Å²) in [5.41, 5.74) is 8.86. The lowest BCUT2D eigenvalue weighted by Crippen LogP contribution is -1.92. The molecule has 0 bridgehead atoms. The monoisotopic (exact) mass is 231 g/mol. The molecule has 0 spiro atoms. The van der Waals surface area contributed by atoms with Gasteiger partial charge in [-0.15, -0.1) is 0 Å². The first-order valence-corrected chi connectivity index (χ1v) is 5.42. The molecule has 0 atom stereocenters. The van der Waals surface area contributed by atoms with Gasteiger partial charge in [0, 0.05) is 17.5 Å². The summed E-state index contributed by atoms with van der Waals surface area (Å²) in [5.74, 6) is 2.15. The van der Waals surface area contributed by atoms with E-state index in [0.717, 1.165) is 34.6 Å². The molecule has 0 aliphatic carbocycles. The van der Waals surface area contributed by atoms with E-state index in [2.05, 4.69) is 16.3 Å². The second-order valence-electron chi connectivity index (χ2n) is 3.96. The Morgan fingerprint density at radius 1 is 1.47 bits per heavy atom. The van der Waals surface area contributed by atoms with E-state index in [9.17, 15) is 0 Å². The minimum absolute atomic E-state index is 0.561. The van der Waals surface area contributed by atoms with Crippen LogP contribution in [0.3, 0.4) is 0 Å². The van der Waals surface area contributed by atoms with E-state index in [1.807, 2.05) is 6.07 Å². The van der Waals surface area contributed by atoms with Gasteiger partial charge in [0.05, 0.1) is 19.9 Å². The lowest BCUT2D eigenvalue weighted by atomic mass is 10.0. The zero-order valence-electron chi connectivity index (χ0n) is 9.49. The molecule has 3 N–H and O–H groups in total. The highest BCUT2D eigenvalue weighted by Gasteiger charge is 2.19. The minimum Gasteiger partial charge on any atom is -0.493 e. The van der Waals surface area contributed by atoms with Crippen LogP contribution in [-0.4, -0.2) is 23.9 Å². The van der Waals surface area contributed by atoms with Gasteiger partial charge in [-0.2, -0.15) is 5.10 Å². The van der Waals surface area contributed by atoms with Crippen LogP contribution in [0.5, 0.6) is 11.5 Å². The molecule has 3 rings (SSSR count). The number of nitrogen functional groups attached to an aromatic ring is 1. The van der Waals surface area contributed by atoms with Gasteiger partial charge in [0.25, 0.3) is 0 Å². The molecule has 0 amide bonds. The van der Waals surface area contributed by atoms with Crippen molar-refractivity contribution in [1.29, 1.82) is 0 Å². The van der Waals surface area contributed by atoms with Crippen LogP contribution in [0.4, 0.5) is 5.82 Å². The molecule has 2 aromatic rings. The minimum atomic E-state index is 0.561. The van der Waals surface area contributed by atoms with Gasteiger partial charge in [-0.05, 0) is 17.7 Å². The van der Waals surface area contributed by atoms with Gasteiger partial charge < -0.3 is 15.2 Å². The van der Waals surface area contributed by atoms with Crippen molar-refractivity contribution in [2.75, 3.05) is 19.5 Å². The summed E-state index contributed by atoms with van der Waals surface area (Å²) in [5, 5.41) is 6.65. The van der Waals surface area contributed by atoms with Crippen molar-refractivity contribution in [2.24, 2.45) is 0 Å². The Morgan fingerprint density at radius 3 is 3.06 bits per heavy atom. The van der Waals surface area contributed by atoms with E-state index in [0.29, 0.717) is 12.4 Å².